The molecular weight excluding hydrogens is 296 g/mol. The van der Waals surface area contributed by atoms with Crippen molar-refractivity contribution < 1.29 is 23.4 Å². The fourth-order valence-electron chi connectivity index (χ4n) is 2.36. The number of pyridine rings is 1. The number of hydrogen-bond donors (Lipinski definition) is 3. The molecule has 8 heteroatoms. The molecule has 0 spiro atoms. The molecule has 1 aromatic rings. The van der Waals surface area contributed by atoms with E-state index in [4.69, 9.17) is 5.11 Å². The van der Waals surface area contributed by atoms with Crippen molar-refractivity contribution in [2.75, 3.05) is 6.54 Å². The number of rotatable bonds is 5. The molecule has 0 atom stereocenters. The van der Waals surface area contributed by atoms with Gasteiger partial charge in [-0.05, 0) is 25.0 Å². The van der Waals surface area contributed by atoms with Gasteiger partial charge >= 0.3 is 5.97 Å². The summed E-state index contributed by atoms with van der Waals surface area (Å²) in [6, 6.07) is 2.32. The van der Waals surface area contributed by atoms with Crippen molar-refractivity contribution in [3.05, 3.63) is 23.9 Å². The Morgan fingerprint density at radius 1 is 1.29 bits per heavy atom. The summed E-state index contributed by atoms with van der Waals surface area (Å²) in [5.41, 5.74) is -1.09. The van der Waals surface area contributed by atoms with E-state index in [0.717, 1.165) is 31.5 Å². The predicted molar refractivity (Wildman–Crippen MR) is 74.4 cm³/mol. The lowest BCUT2D eigenvalue weighted by atomic mass is 9.85. The summed E-state index contributed by atoms with van der Waals surface area (Å²) in [6.07, 6.45) is 4.94. The average Bonchev–Trinajstić information content (AvgIpc) is 2.46. The van der Waals surface area contributed by atoms with E-state index < -0.39 is 21.6 Å². The first kappa shape index (κ1) is 15.9. The van der Waals surface area contributed by atoms with E-state index in [9.17, 15) is 18.3 Å². The summed E-state index contributed by atoms with van der Waals surface area (Å²) in [5, 5.41) is 18.8. The predicted octanol–water partition coefficient (Wildman–Crippen LogP) is 0.753. The first-order valence-electron chi connectivity index (χ1n) is 6.74. The summed E-state index contributed by atoms with van der Waals surface area (Å²) >= 11 is 0. The van der Waals surface area contributed by atoms with E-state index in [1.807, 2.05) is 0 Å². The summed E-state index contributed by atoms with van der Waals surface area (Å²) in [4.78, 5) is 14.3. The number of nitrogens with one attached hydrogen (secondary N) is 1. The number of nitrogens with zero attached hydrogens (tertiary/aromatic N) is 1. The lowest BCUT2D eigenvalue weighted by molar-refractivity contribution is 0.00944. The Labute approximate surface area is 123 Å². The van der Waals surface area contributed by atoms with Crippen molar-refractivity contribution in [1.29, 1.82) is 0 Å². The molecule has 0 aliphatic heterocycles. The van der Waals surface area contributed by atoms with Gasteiger partial charge in [0.05, 0.1) is 11.2 Å². The second kappa shape index (κ2) is 6.08. The molecule has 1 aliphatic rings. The number of sulfonamides is 1. The molecular formula is C13H18N2O5S. The molecule has 0 saturated heterocycles. The summed E-state index contributed by atoms with van der Waals surface area (Å²) < 4.78 is 26.5. The first-order chi connectivity index (χ1) is 9.82. The van der Waals surface area contributed by atoms with Gasteiger partial charge in [-0.25, -0.2) is 22.9 Å². The SMILES string of the molecule is O=C(O)c1ccc(S(=O)(=O)NCC2(O)CCCCC2)nc1. The smallest absolute Gasteiger partial charge is 0.337 e. The highest BCUT2D eigenvalue weighted by atomic mass is 32.2. The molecule has 1 aromatic heterocycles. The van der Waals surface area contributed by atoms with Gasteiger partial charge in [-0.2, -0.15) is 0 Å². The third-order valence-electron chi connectivity index (χ3n) is 3.63. The highest BCUT2D eigenvalue weighted by Gasteiger charge is 2.31. The highest BCUT2D eigenvalue weighted by molar-refractivity contribution is 7.89. The van der Waals surface area contributed by atoms with Crippen LogP contribution in [0.2, 0.25) is 0 Å². The molecule has 1 fully saturated rings. The molecule has 0 bridgehead atoms. The van der Waals surface area contributed by atoms with Crippen LogP contribution in [0.5, 0.6) is 0 Å². The van der Waals surface area contributed by atoms with Crippen molar-refractivity contribution in [1.82, 2.24) is 9.71 Å². The van der Waals surface area contributed by atoms with Gasteiger partial charge in [-0.1, -0.05) is 19.3 Å². The van der Waals surface area contributed by atoms with Crippen LogP contribution in [-0.2, 0) is 10.0 Å². The Balaban J connectivity index is 2.05. The molecule has 116 valence electrons. The van der Waals surface area contributed by atoms with Crippen LogP contribution in [0.3, 0.4) is 0 Å². The van der Waals surface area contributed by atoms with Crippen LogP contribution >= 0.6 is 0 Å². The van der Waals surface area contributed by atoms with Crippen LogP contribution < -0.4 is 4.72 Å². The van der Waals surface area contributed by atoms with Crippen molar-refractivity contribution in [2.45, 2.75) is 42.7 Å². The lowest BCUT2D eigenvalue weighted by Gasteiger charge is -2.31. The lowest BCUT2D eigenvalue weighted by Crippen LogP contribution is -2.44. The fourth-order valence-corrected chi connectivity index (χ4v) is 3.40. The van der Waals surface area contributed by atoms with Crippen molar-refractivity contribution in [3.8, 4) is 0 Å². The van der Waals surface area contributed by atoms with E-state index in [-0.39, 0.29) is 17.1 Å². The Morgan fingerprint density at radius 3 is 2.48 bits per heavy atom. The third-order valence-corrected chi connectivity index (χ3v) is 4.95. The maximum Gasteiger partial charge on any atom is 0.337 e. The van der Waals surface area contributed by atoms with Gasteiger partial charge in [0.2, 0.25) is 0 Å². The number of aromatic nitrogens is 1. The van der Waals surface area contributed by atoms with Gasteiger partial charge in [-0.15, -0.1) is 0 Å². The van der Waals surface area contributed by atoms with Crippen LogP contribution in [0.25, 0.3) is 0 Å². The van der Waals surface area contributed by atoms with E-state index in [1.54, 1.807) is 0 Å². The normalized spacial score (nSPS) is 18.3. The highest BCUT2D eigenvalue weighted by Crippen LogP contribution is 2.27. The number of carboxylic acid groups (broad SMARTS) is 1. The van der Waals surface area contributed by atoms with Gasteiger partial charge in [0, 0.05) is 12.7 Å². The monoisotopic (exact) mass is 314 g/mol. The minimum atomic E-state index is -3.85. The van der Waals surface area contributed by atoms with E-state index in [2.05, 4.69) is 9.71 Å². The summed E-state index contributed by atoms with van der Waals surface area (Å²) in [6.45, 7) is -0.0578. The molecule has 1 heterocycles. The van der Waals surface area contributed by atoms with Crippen molar-refractivity contribution in [2.24, 2.45) is 0 Å². The van der Waals surface area contributed by atoms with Crippen LogP contribution in [0.15, 0.2) is 23.4 Å². The fraction of sp³-hybridized carbons (Fsp3) is 0.538. The molecule has 3 N–H and O–H groups in total. The van der Waals surface area contributed by atoms with E-state index in [1.165, 1.54) is 6.07 Å². The van der Waals surface area contributed by atoms with Gasteiger partial charge < -0.3 is 10.2 Å². The quantitative estimate of drug-likeness (QED) is 0.738. The molecule has 0 unspecified atom stereocenters. The van der Waals surface area contributed by atoms with Gasteiger partial charge in [0.15, 0.2) is 5.03 Å². The van der Waals surface area contributed by atoms with Gasteiger partial charge in [0.25, 0.3) is 10.0 Å². The molecule has 1 aliphatic carbocycles. The van der Waals surface area contributed by atoms with Crippen LogP contribution in [0, 0.1) is 0 Å². The number of aromatic carboxylic acids is 1. The van der Waals surface area contributed by atoms with Crippen molar-refractivity contribution >= 4 is 16.0 Å². The maximum atomic E-state index is 12.1. The van der Waals surface area contributed by atoms with E-state index in [0.29, 0.717) is 12.8 Å². The molecule has 21 heavy (non-hydrogen) atoms. The zero-order chi connectivity index (χ0) is 15.5. The largest absolute Gasteiger partial charge is 0.478 e. The molecule has 2 rings (SSSR count). The number of carbonyl (C=O) groups is 1. The molecule has 0 aromatic carbocycles. The number of hydrogen-bond acceptors (Lipinski definition) is 5. The number of aliphatic hydroxyl groups is 1. The zero-order valence-electron chi connectivity index (χ0n) is 11.4. The molecule has 0 radical (unpaired) electrons. The summed E-state index contributed by atoms with van der Waals surface area (Å²) in [7, 11) is -3.85. The standard InChI is InChI=1S/C13H18N2O5S/c16-12(17)10-4-5-11(14-8-10)21(19,20)15-9-13(18)6-2-1-3-7-13/h4-5,8,15,18H,1-3,6-7,9H2,(H,16,17). The Kier molecular flexibility index (Phi) is 4.60. The van der Waals surface area contributed by atoms with Crippen LogP contribution in [0.1, 0.15) is 42.5 Å². The average molecular weight is 314 g/mol. The number of carboxylic acids is 1. The molecule has 7 nitrogen and oxygen atoms in total. The Morgan fingerprint density at radius 2 is 1.95 bits per heavy atom. The van der Waals surface area contributed by atoms with Crippen molar-refractivity contribution in [3.63, 3.8) is 0 Å². The second-order valence-corrected chi connectivity index (χ2v) is 7.01. The maximum absolute atomic E-state index is 12.1. The topological polar surface area (TPSA) is 117 Å². The molecule has 0 amide bonds. The third kappa shape index (κ3) is 3.99. The van der Waals surface area contributed by atoms with Gasteiger partial charge in [-0.3, -0.25) is 0 Å². The van der Waals surface area contributed by atoms with Crippen LogP contribution in [0.4, 0.5) is 0 Å². The minimum Gasteiger partial charge on any atom is -0.478 e. The van der Waals surface area contributed by atoms with Crippen LogP contribution in [-0.4, -0.2) is 41.7 Å². The Hall–Kier alpha value is -1.51. The first-order valence-corrected chi connectivity index (χ1v) is 8.22. The Bertz CT molecular complexity index is 606. The minimum absolute atomic E-state index is 0.0578. The second-order valence-electron chi connectivity index (χ2n) is 5.30. The van der Waals surface area contributed by atoms with E-state index >= 15 is 0 Å². The van der Waals surface area contributed by atoms with Gasteiger partial charge in [0.1, 0.15) is 0 Å². The molecule has 1 saturated carbocycles. The summed E-state index contributed by atoms with van der Waals surface area (Å²) in [5.74, 6) is -1.17. The zero-order valence-corrected chi connectivity index (χ0v) is 12.3.